The molecule has 0 radical (unpaired) electrons. The van der Waals surface area contributed by atoms with Gasteiger partial charge in [-0.3, -0.25) is 14.0 Å². The van der Waals surface area contributed by atoms with Gasteiger partial charge in [-0.25, -0.2) is 18.2 Å². The van der Waals surface area contributed by atoms with Gasteiger partial charge in [-0.1, -0.05) is 6.92 Å². The number of aromatic nitrogens is 4. The van der Waals surface area contributed by atoms with Crippen molar-refractivity contribution in [2.45, 2.75) is 37.3 Å². The molecule has 0 spiro atoms. The van der Waals surface area contributed by atoms with Gasteiger partial charge in [0.15, 0.2) is 9.84 Å². The van der Waals surface area contributed by atoms with Crippen molar-refractivity contribution in [3.05, 3.63) is 46.3 Å². The number of sulfone groups is 1. The van der Waals surface area contributed by atoms with Crippen molar-refractivity contribution >= 4 is 15.5 Å². The number of halogens is 3. The van der Waals surface area contributed by atoms with Crippen LogP contribution in [0.3, 0.4) is 0 Å². The highest BCUT2D eigenvalue weighted by molar-refractivity contribution is 7.91. The van der Waals surface area contributed by atoms with Crippen molar-refractivity contribution in [3.8, 4) is 17.5 Å². The molecule has 0 aliphatic carbocycles. The first-order chi connectivity index (χ1) is 14.2. The van der Waals surface area contributed by atoms with Gasteiger partial charge in [0.25, 0.3) is 0 Å². The Morgan fingerprint density at radius 2 is 1.87 bits per heavy atom. The van der Waals surface area contributed by atoms with E-state index >= 15 is 0 Å². The second kappa shape index (κ2) is 7.19. The molecule has 3 heterocycles. The lowest BCUT2D eigenvalue weighted by molar-refractivity contribution is -0.143. The van der Waals surface area contributed by atoms with E-state index in [1.165, 1.54) is 19.2 Å². The van der Waals surface area contributed by atoms with Gasteiger partial charge < -0.3 is 0 Å². The van der Waals surface area contributed by atoms with E-state index < -0.39 is 32.8 Å². The van der Waals surface area contributed by atoms with Crippen LogP contribution >= 0.6 is 0 Å². The topological polar surface area (TPSA) is 110 Å². The van der Waals surface area contributed by atoms with Crippen LogP contribution in [0.4, 0.5) is 13.2 Å². The summed E-state index contributed by atoms with van der Waals surface area (Å²) in [6.45, 7) is 4.62. The fourth-order valence-electron chi connectivity index (χ4n) is 2.96. The maximum absolute atomic E-state index is 13.2. The summed E-state index contributed by atoms with van der Waals surface area (Å²) in [7, 11) is -2.86. The summed E-state index contributed by atoms with van der Waals surface area (Å²) in [5.74, 6) is -0.272. The summed E-state index contributed by atoms with van der Waals surface area (Å²) in [5, 5.41) is 9.36. The second-order valence-corrected chi connectivity index (χ2v) is 9.68. The van der Waals surface area contributed by atoms with Gasteiger partial charge in [0.1, 0.15) is 22.7 Å². The number of rotatable bonds is 4. The maximum atomic E-state index is 13.2. The Labute approximate surface area is 175 Å². The minimum Gasteiger partial charge on any atom is -0.292 e. The molecule has 12 heteroatoms. The molecule has 3 rings (SSSR count). The quantitative estimate of drug-likeness (QED) is 0.601. The van der Waals surface area contributed by atoms with Crippen molar-refractivity contribution in [2.75, 3.05) is 5.75 Å². The van der Waals surface area contributed by atoms with E-state index in [4.69, 9.17) is 0 Å². The van der Waals surface area contributed by atoms with Crippen LogP contribution in [-0.2, 0) is 28.5 Å². The molecule has 0 saturated carbocycles. The molecular weight excluding hydrogens is 435 g/mol. The van der Waals surface area contributed by atoms with Gasteiger partial charge in [-0.05, 0) is 25.5 Å². The summed E-state index contributed by atoms with van der Waals surface area (Å²) >= 11 is 0. The smallest absolute Gasteiger partial charge is 0.292 e. The summed E-state index contributed by atoms with van der Waals surface area (Å²) < 4.78 is 66.4. The molecule has 31 heavy (non-hydrogen) atoms. The number of pyridine rings is 1. The Hall–Kier alpha value is -3.20. The SMILES string of the molecule is CCS(=O)(=O)c1cc(C(C)(C)C#N)cnc1-c1cn2c(=O)n(C)c(C(F)(F)F)cc2n1. The third-order valence-corrected chi connectivity index (χ3v) is 6.70. The average Bonchev–Trinajstić information content (AvgIpc) is 3.13. The number of hydrogen-bond acceptors (Lipinski definition) is 6. The van der Waals surface area contributed by atoms with Crippen LogP contribution in [0, 0.1) is 11.3 Å². The summed E-state index contributed by atoms with van der Waals surface area (Å²) in [6, 6.07) is 4.08. The number of nitriles is 1. The minimum absolute atomic E-state index is 0.0789. The van der Waals surface area contributed by atoms with Gasteiger partial charge in [0, 0.05) is 25.5 Å². The fourth-order valence-corrected chi connectivity index (χ4v) is 4.02. The Balaban J connectivity index is 2.34. The number of hydrogen-bond donors (Lipinski definition) is 0. The Morgan fingerprint density at radius 3 is 2.42 bits per heavy atom. The molecule has 0 unspecified atom stereocenters. The third kappa shape index (κ3) is 3.81. The molecule has 0 atom stereocenters. The van der Waals surface area contributed by atoms with Gasteiger partial charge >= 0.3 is 11.9 Å². The van der Waals surface area contributed by atoms with Crippen LogP contribution in [0.25, 0.3) is 17.0 Å². The van der Waals surface area contributed by atoms with E-state index in [1.807, 2.05) is 0 Å². The lowest BCUT2D eigenvalue weighted by Gasteiger charge is -2.17. The van der Waals surface area contributed by atoms with Crippen LogP contribution in [0.5, 0.6) is 0 Å². The predicted octanol–water partition coefficient (Wildman–Crippen LogP) is 2.71. The zero-order valence-electron chi connectivity index (χ0n) is 17.0. The zero-order valence-corrected chi connectivity index (χ0v) is 17.8. The highest BCUT2D eigenvalue weighted by Gasteiger charge is 2.35. The van der Waals surface area contributed by atoms with E-state index in [0.29, 0.717) is 16.2 Å². The molecule has 0 fully saturated rings. The maximum Gasteiger partial charge on any atom is 0.431 e. The lowest BCUT2D eigenvalue weighted by atomic mass is 9.87. The van der Waals surface area contributed by atoms with Crippen LogP contribution in [0.2, 0.25) is 0 Å². The minimum atomic E-state index is -4.78. The van der Waals surface area contributed by atoms with Crippen molar-refractivity contribution in [1.82, 2.24) is 18.9 Å². The number of nitrogens with zero attached hydrogens (tertiary/aromatic N) is 5. The summed E-state index contributed by atoms with van der Waals surface area (Å²) in [5.41, 5.74) is -3.35. The number of fused-ring (bicyclic) bond motifs is 1. The van der Waals surface area contributed by atoms with E-state index in [1.54, 1.807) is 13.8 Å². The van der Waals surface area contributed by atoms with Crippen LogP contribution < -0.4 is 5.69 Å². The Morgan fingerprint density at radius 1 is 1.23 bits per heavy atom. The van der Waals surface area contributed by atoms with Crippen molar-refractivity contribution in [3.63, 3.8) is 0 Å². The van der Waals surface area contributed by atoms with Gasteiger partial charge in [0.05, 0.1) is 22.1 Å². The molecule has 0 saturated heterocycles. The molecular formula is C19H18F3N5O3S. The normalized spacial score (nSPS) is 12.8. The van der Waals surface area contributed by atoms with Crippen LogP contribution in [0.15, 0.2) is 34.2 Å². The van der Waals surface area contributed by atoms with Crippen molar-refractivity contribution < 1.29 is 21.6 Å². The molecule has 0 aromatic carbocycles. The molecule has 0 bridgehead atoms. The molecule has 0 amide bonds. The molecule has 8 nitrogen and oxygen atoms in total. The van der Waals surface area contributed by atoms with Gasteiger partial charge in [-0.2, -0.15) is 18.4 Å². The average molecular weight is 453 g/mol. The largest absolute Gasteiger partial charge is 0.431 e. The van der Waals surface area contributed by atoms with Gasteiger partial charge in [-0.15, -0.1) is 0 Å². The molecule has 164 valence electrons. The second-order valence-electron chi connectivity index (χ2n) is 7.43. The molecule has 0 aliphatic rings. The molecule has 0 N–H and O–H groups in total. The molecule has 0 aliphatic heterocycles. The summed E-state index contributed by atoms with van der Waals surface area (Å²) in [6.07, 6.45) is -2.32. The fraction of sp³-hybridized carbons (Fsp3) is 0.368. The van der Waals surface area contributed by atoms with Crippen molar-refractivity contribution in [1.29, 1.82) is 5.26 Å². The monoisotopic (exact) mass is 453 g/mol. The number of alkyl halides is 3. The highest BCUT2D eigenvalue weighted by Crippen LogP contribution is 2.32. The first-order valence-corrected chi connectivity index (χ1v) is 10.7. The Bertz CT molecular complexity index is 1400. The standard InChI is InChI=1S/C19H18F3N5O3S/c1-5-31(29,30)13-6-11(18(2,3)10-23)8-24-16(13)12-9-27-15(25-12)7-14(19(20,21)22)26(4)17(27)28/h6-9H,5H2,1-4H3. The first-order valence-electron chi connectivity index (χ1n) is 9.04. The molecule has 3 aromatic rings. The summed E-state index contributed by atoms with van der Waals surface area (Å²) in [4.78, 5) is 20.4. The van der Waals surface area contributed by atoms with E-state index in [2.05, 4.69) is 16.0 Å². The predicted molar refractivity (Wildman–Crippen MR) is 105 cm³/mol. The Kier molecular flexibility index (Phi) is 5.22. The third-order valence-electron chi connectivity index (χ3n) is 4.96. The van der Waals surface area contributed by atoms with E-state index in [-0.39, 0.29) is 27.7 Å². The first kappa shape index (κ1) is 22.5. The zero-order chi connectivity index (χ0) is 23.4. The highest BCUT2D eigenvalue weighted by atomic mass is 32.2. The van der Waals surface area contributed by atoms with E-state index in [0.717, 1.165) is 17.6 Å². The molecule has 3 aromatic heterocycles. The number of imidazole rings is 1. The van der Waals surface area contributed by atoms with Crippen LogP contribution in [0.1, 0.15) is 32.0 Å². The van der Waals surface area contributed by atoms with Crippen LogP contribution in [-0.4, -0.2) is 33.1 Å². The lowest BCUT2D eigenvalue weighted by Crippen LogP contribution is -2.29. The van der Waals surface area contributed by atoms with Gasteiger partial charge in [0.2, 0.25) is 0 Å². The van der Waals surface area contributed by atoms with E-state index in [9.17, 15) is 31.6 Å². The van der Waals surface area contributed by atoms with Crippen molar-refractivity contribution in [2.24, 2.45) is 7.05 Å².